The molecular formula is C19H36N4O2. The van der Waals surface area contributed by atoms with E-state index >= 15 is 0 Å². The smallest absolute Gasteiger partial charge is 0.410 e. The number of amides is 1. The lowest BCUT2D eigenvalue weighted by molar-refractivity contribution is 0.0152. The molecule has 2 rings (SSSR count). The third-order valence-corrected chi connectivity index (χ3v) is 4.96. The number of nitrogens with zero attached hydrogens (tertiary/aromatic N) is 3. The number of carbonyl (C=O) groups is 1. The van der Waals surface area contributed by atoms with Gasteiger partial charge in [-0.05, 0) is 46.5 Å². The van der Waals surface area contributed by atoms with Gasteiger partial charge in [-0.2, -0.15) is 0 Å². The average Bonchev–Trinajstić information content (AvgIpc) is 3.35. The lowest BCUT2D eigenvalue weighted by Crippen LogP contribution is -2.45. The summed E-state index contributed by atoms with van der Waals surface area (Å²) in [4.78, 5) is 21.1. The molecule has 2 saturated carbocycles. The quantitative estimate of drug-likeness (QED) is 0.468. The highest BCUT2D eigenvalue weighted by atomic mass is 16.6. The van der Waals surface area contributed by atoms with E-state index < -0.39 is 5.60 Å². The van der Waals surface area contributed by atoms with Crippen LogP contribution in [0.3, 0.4) is 0 Å². The van der Waals surface area contributed by atoms with Crippen molar-refractivity contribution in [3.63, 3.8) is 0 Å². The highest BCUT2D eigenvalue weighted by Gasteiger charge is 2.29. The van der Waals surface area contributed by atoms with E-state index in [0.717, 1.165) is 12.8 Å². The van der Waals surface area contributed by atoms with Crippen LogP contribution in [0.1, 0.15) is 72.1 Å². The maximum atomic E-state index is 12.7. The molecule has 0 unspecified atom stereocenters. The van der Waals surface area contributed by atoms with Crippen molar-refractivity contribution in [2.24, 2.45) is 10.7 Å². The van der Waals surface area contributed by atoms with Gasteiger partial charge in [-0.25, -0.2) is 4.79 Å². The Bertz CT molecular complexity index is 461. The number of nitrogens with two attached hydrogens (primary N) is 1. The summed E-state index contributed by atoms with van der Waals surface area (Å²) < 4.78 is 5.64. The molecule has 2 aliphatic rings. The van der Waals surface area contributed by atoms with E-state index in [1.54, 1.807) is 0 Å². The second-order valence-corrected chi connectivity index (χ2v) is 8.40. The van der Waals surface area contributed by atoms with E-state index in [2.05, 4.69) is 4.99 Å². The van der Waals surface area contributed by atoms with Gasteiger partial charge in [0.2, 0.25) is 0 Å². The molecule has 0 heterocycles. The number of hydrogen-bond acceptors (Lipinski definition) is 3. The number of hydrogen-bond donors (Lipinski definition) is 1. The third-order valence-electron chi connectivity index (χ3n) is 4.96. The van der Waals surface area contributed by atoms with Crippen LogP contribution in [0.15, 0.2) is 4.99 Å². The standard InChI is InChI=1S/C19H36N4O2/c1-19(2,3)25-18(24)23(16-9-7-5-6-8-10-16)14-13-21-17(20)22(4)15-11-12-15/h15-16H,5-14H2,1-4H3,(H2,20,21). The molecule has 6 heteroatoms. The van der Waals surface area contributed by atoms with Crippen molar-refractivity contribution in [1.29, 1.82) is 0 Å². The van der Waals surface area contributed by atoms with Crippen LogP contribution in [0, 0.1) is 0 Å². The molecule has 0 aliphatic heterocycles. The van der Waals surface area contributed by atoms with Gasteiger partial charge in [0.15, 0.2) is 5.96 Å². The van der Waals surface area contributed by atoms with Gasteiger partial charge in [-0.3, -0.25) is 4.99 Å². The van der Waals surface area contributed by atoms with Gasteiger partial charge < -0.3 is 20.3 Å². The molecule has 2 fully saturated rings. The zero-order valence-corrected chi connectivity index (χ0v) is 16.5. The van der Waals surface area contributed by atoms with E-state index in [4.69, 9.17) is 10.5 Å². The van der Waals surface area contributed by atoms with Crippen LogP contribution >= 0.6 is 0 Å². The number of rotatable bonds is 5. The van der Waals surface area contributed by atoms with Crippen LogP contribution in [0.4, 0.5) is 4.79 Å². The van der Waals surface area contributed by atoms with E-state index in [0.29, 0.717) is 25.1 Å². The summed E-state index contributed by atoms with van der Waals surface area (Å²) in [6.45, 7) is 6.84. The Morgan fingerprint density at radius 1 is 1.08 bits per heavy atom. The Morgan fingerprint density at radius 2 is 1.68 bits per heavy atom. The normalized spacial score (nSPS) is 20.1. The van der Waals surface area contributed by atoms with Gasteiger partial charge in [0.05, 0.1) is 6.54 Å². The summed E-state index contributed by atoms with van der Waals surface area (Å²) in [7, 11) is 1.99. The SMILES string of the molecule is CN(C(N)=NCCN(C(=O)OC(C)(C)C)C1CCCCCC1)C1CC1. The second-order valence-electron chi connectivity index (χ2n) is 8.40. The second kappa shape index (κ2) is 8.77. The first-order chi connectivity index (χ1) is 11.8. The molecule has 0 spiro atoms. The highest BCUT2D eigenvalue weighted by Crippen LogP contribution is 2.25. The number of aliphatic imine (C=N–C) groups is 1. The number of carbonyl (C=O) groups excluding carboxylic acids is 1. The molecule has 144 valence electrons. The molecule has 6 nitrogen and oxygen atoms in total. The predicted octanol–water partition coefficient (Wildman–Crippen LogP) is 3.36. The van der Waals surface area contributed by atoms with Crippen molar-refractivity contribution in [1.82, 2.24) is 9.80 Å². The van der Waals surface area contributed by atoms with E-state index in [-0.39, 0.29) is 12.1 Å². The van der Waals surface area contributed by atoms with Crippen molar-refractivity contribution >= 4 is 12.1 Å². The Hall–Kier alpha value is -1.46. The summed E-state index contributed by atoms with van der Waals surface area (Å²) in [6.07, 6.45) is 9.16. The minimum atomic E-state index is -0.478. The Labute approximate surface area is 152 Å². The summed E-state index contributed by atoms with van der Waals surface area (Å²) in [6, 6.07) is 0.808. The lowest BCUT2D eigenvalue weighted by Gasteiger charge is -2.33. The fraction of sp³-hybridized carbons (Fsp3) is 0.895. The molecule has 0 aromatic heterocycles. The average molecular weight is 353 g/mol. The summed E-state index contributed by atoms with van der Waals surface area (Å²) in [5.74, 6) is 0.576. The minimum Gasteiger partial charge on any atom is -0.444 e. The monoisotopic (exact) mass is 352 g/mol. The molecule has 0 aromatic carbocycles. The van der Waals surface area contributed by atoms with Crippen LogP contribution in [0.2, 0.25) is 0 Å². The molecule has 0 saturated heterocycles. The van der Waals surface area contributed by atoms with Crippen molar-refractivity contribution < 1.29 is 9.53 Å². The van der Waals surface area contributed by atoms with Gasteiger partial charge >= 0.3 is 6.09 Å². The van der Waals surface area contributed by atoms with Crippen LogP contribution in [0.5, 0.6) is 0 Å². The largest absolute Gasteiger partial charge is 0.444 e. The van der Waals surface area contributed by atoms with Gasteiger partial charge in [-0.15, -0.1) is 0 Å². The molecule has 0 bridgehead atoms. The van der Waals surface area contributed by atoms with Gasteiger partial charge in [-0.1, -0.05) is 25.7 Å². The van der Waals surface area contributed by atoms with Crippen LogP contribution in [-0.2, 0) is 4.74 Å². The molecule has 2 aliphatic carbocycles. The van der Waals surface area contributed by atoms with Crippen molar-refractivity contribution in [3.8, 4) is 0 Å². The fourth-order valence-corrected chi connectivity index (χ4v) is 3.35. The number of guanidine groups is 1. The Kier molecular flexibility index (Phi) is 6.96. The van der Waals surface area contributed by atoms with Crippen molar-refractivity contribution in [3.05, 3.63) is 0 Å². The van der Waals surface area contributed by atoms with Crippen LogP contribution in [0.25, 0.3) is 0 Å². The zero-order valence-electron chi connectivity index (χ0n) is 16.5. The summed E-state index contributed by atoms with van der Waals surface area (Å²) in [5.41, 5.74) is 5.59. The molecule has 0 aromatic rings. The molecule has 0 radical (unpaired) electrons. The summed E-state index contributed by atoms with van der Waals surface area (Å²) >= 11 is 0. The van der Waals surface area contributed by atoms with E-state index in [1.165, 1.54) is 38.5 Å². The van der Waals surface area contributed by atoms with E-state index in [9.17, 15) is 4.79 Å². The van der Waals surface area contributed by atoms with Gasteiger partial charge in [0, 0.05) is 25.7 Å². The zero-order chi connectivity index (χ0) is 18.4. The first kappa shape index (κ1) is 19.9. The van der Waals surface area contributed by atoms with Gasteiger partial charge in [0.25, 0.3) is 0 Å². The maximum absolute atomic E-state index is 12.7. The predicted molar refractivity (Wildman–Crippen MR) is 102 cm³/mol. The molecule has 1 amide bonds. The highest BCUT2D eigenvalue weighted by molar-refractivity contribution is 5.78. The number of ether oxygens (including phenoxy) is 1. The Morgan fingerprint density at radius 3 is 2.20 bits per heavy atom. The maximum Gasteiger partial charge on any atom is 0.410 e. The molecule has 0 atom stereocenters. The molecular weight excluding hydrogens is 316 g/mol. The van der Waals surface area contributed by atoms with Crippen LogP contribution in [-0.4, -0.2) is 59.7 Å². The topological polar surface area (TPSA) is 71.2 Å². The summed E-state index contributed by atoms with van der Waals surface area (Å²) in [5, 5.41) is 0. The Balaban J connectivity index is 1.97. The molecule has 2 N–H and O–H groups in total. The fourth-order valence-electron chi connectivity index (χ4n) is 3.35. The third kappa shape index (κ3) is 6.75. The van der Waals surface area contributed by atoms with Crippen molar-refractivity contribution in [2.45, 2.75) is 89.8 Å². The van der Waals surface area contributed by atoms with Crippen molar-refractivity contribution in [2.75, 3.05) is 20.1 Å². The lowest BCUT2D eigenvalue weighted by atomic mass is 10.1. The van der Waals surface area contributed by atoms with E-state index in [1.807, 2.05) is 37.6 Å². The molecule has 25 heavy (non-hydrogen) atoms. The first-order valence-corrected chi connectivity index (χ1v) is 9.80. The minimum absolute atomic E-state index is 0.219. The first-order valence-electron chi connectivity index (χ1n) is 9.80. The van der Waals surface area contributed by atoms with Crippen LogP contribution < -0.4 is 5.73 Å². The van der Waals surface area contributed by atoms with Gasteiger partial charge in [0.1, 0.15) is 5.60 Å².